The molecule has 174 valence electrons. The monoisotopic (exact) mass is 495 g/mol. The van der Waals surface area contributed by atoms with Gasteiger partial charge in [-0.25, -0.2) is 0 Å². The van der Waals surface area contributed by atoms with Crippen molar-refractivity contribution in [1.29, 1.82) is 0 Å². The Morgan fingerprint density at radius 3 is 2.56 bits per heavy atom. The SMILES string of the molecule is O=C(Nc1ccccc1Oc1ccccc1Cl)c1ccc2c(c1)S(=O)(=O)N=C1CCCCCN12. The van der Waals surface area contributed by atoms with Gasteiger partial charge in [0.15, 0.2) is 5.75 Å². The predicted molar refractivity (Wildman–Crippen MR) is 133 cm³/mol. The number of para-hydroxylation sites is 3. The lowest BCUT2D eigenvalue weighted by molar-refractivity contribution is 0.102. The van der Waals surface area contributed by atoms with Crippen molar-refractivity contribution in [3.63, 3.8) is 0 Å². The number of rotatable bonds is 4. The average Bonchev–Trinajstić information content (AvgIpc) is 3.06. The second-order valence-corrected chi connectivity index (χ2v) is 10.1. The van der Waals surface area contributed by atoms with Crippen LogP contribution in [0.2, 0.25) is 5.02 Å². The number of hydrogen-bond donors (Lipinski definition) is 1. The van der Waals surface area contributed by atoms with Gasteiger partial charge in [-0.15, -0.1) is 4.40 Å². The van der Waals surface area contributed by atoms with Crippen LogP contribution >= 0.6 is 11.6 Å². The summed E-state index contributed by atoms with van der Waals surface area (Å²) in [7, 11) is -3.88. The first-order valence-corrected chi connectivity index (χ1v) is 12.8. The molecule has 1 N–H and O–H groups in total. The smallest absolute Gasteiger partial charge is 0.286 e. The van der Waals surface area contributed by atoms with Crippen LogP contribution in [-0.2, 0) is 10.0 Å². The highest BCUT2D eigenvalue weighted by Gasteiger charge is 2.32. The molecule has 7 nitrogen and oxygen atoms in total. The van der Waals surface area contributed by atoms with Crippen molar-refractivity contribution in [3.8, 4) is 11.5 Å². The molecular formula is C25H22ClN3O4S. The second kappa shape index (κ2) is 9.12. The number of ether oxygens (including phenoxy) is 1. The molecule has 0 unspecified atom stereocenters. The third kappa shape index (κ3) is 4.38. The van der Waals surface area contributed by atoms with Crippen LogP contribution in [0.4, 0.5) is 11.4 Å². The minimum absolute atomic E-state index is 0.0476. The predicted octanol–water partition coefficient (Wildman–Crippen LogP) is 5.87. The summed E-state index contributed by atoms with van der Waals surface area (Å²) in [6.07, 6.45) is 3.53. The molecule has 0 aromatic heterocycles. The summed E-state index contributed by atoms with van der Waals surface area (Å²) in [5.74, 6) is 0.983. The van der Waals surface area contributed by atoms with Crippen LogP contribution in [0.3, 0.4) is 0 Å². The summed E-state index contributed by atoms with van der Waals surface area (Å²) in [5.41, 5.74) is 1.22. The van der Waals surface area contributed by atoms with Crippen molar-refractivity contribution in [2.45, 2.75) is 30.6 Å². The van der Waals surface area contributed by atoms with E-state index < -0.39 is 15.9 Å². The Bertz CT molecular complexity index is 1400. The number of nitrogens with one attached hydrogen (secondary N) is 1. The number of amides is 1. The van der Waals surface area contributed by atoms with E-state index in [0.717, 1.165) is 19.3 Å². The van der Waals surface area contributed by atoms with E-state index in [2.05, 4.69) is 9.71 Å². The molecule has 0 bridgehead atoms. The normalized spacial score (nSPS) is 16.5. The molecular weight excluding hydrogens is 474 g/mol. The fraction of sp³-hybridized carbons (Fsp3) is 0.200. The minimum atomic E-state index is -3.88. The first kappa shape index (κ1) is 22.4. The lowest BCUT2D eigenvalue weighted by atomic mass is 10.1. The zero-order valence-electron chi connectivity index (χ0n) is 18.2. The van der Waals surface area contributed by atoms with Crippen LogP contribution in [0, 0.1) is 0 Å². The third-order valence-corrected chi connectivity index (χ3v) is 7.45. The Hall–Kier alpha value is -3.36. The van der Waals surface area contributed by atoms with Gasteiger partial charge in [-0.05, 0) is 55.3 Å². The zero-order chi connectivity index (χ0) is 23.7. The van der Waals surface area contributed by atoms with Crippen molar-refractivity contribution in [2.75, 3.05) is 16.8 Å². The van der Waals surface area contributed by atoms with E-state index in [-0.39, 0.29) is 10.5 Å². The van der Waals surface area contributed by atoms with Crippen LogP contribution in [-0.4, -0.2) is 26.7 Å². The van der Waals surface area contributed by atoms with Gasteiger partial charge in [0.05, 0.1) is 16.4 Å². The summed E-state index contributed by atoms with van der Waals surface area (Å²) in [4.78, 5) is 15.1. The van der Waals surface area contributed by atoms with Crippen LogP contribution < -0.4 is 15.0 Å². The van der Waals surface area contributed by atoms with Gasteiger partial charge in [-0.2, -0.15) is 8.42 Å². The summed E-state index contributed by atoms with van der Waals surface area (Å²) < 4.78 is 35.7. The number of benzene rings is 3. The average molecular weight is 496 g/mol. The number of sulfonamides is 1. The summed E-state index contributed by atoms with van der Waals surface area (Å²) >= 11 is 6.20. The van der Waals surface area contributed by atoms with Gasteiger partial charge < -0.3 is 15.0 Å². The van der Waals surface area contributed by atoms with Crippen molar-refractivity contribution in [1.82, 2.24) is 0 Å². The van der Waals surface area contributed by atoms with Crippen molar-refractivity contribution in [2.24, 2.45) is 4.40 Å². The summed E-state index contributed by atoms with van der Waals surface area (Å²) in [6.45, 7) is 0.708. The van der Waals surface area contributed by atoms with E-state index in [1.54, 1.807) is 60.7 Å². The summed E-state index contributed by atoms with van der Waals surface area (Å²) in [5, 5.41) is 3.26. The van der Waals surface area contributed by atoms with Gasteiger partial charge in [0.2, 0.25) is 0 Å². The fourth-order valence-electron chi connectivity index (χ4n) is 4.12. The van der Waals surface area contributed by atoms with E-state index in [4.69, 9.17) is 16.3 Å². The van der Waals surface area contributed by atoms with E-state index in [1.165, 1.54) is 6.07 Å². The minimum Gasteiger partial charge on any atom is -0.454 e. The van der Waals surface area contributed by atoms with Crippen molar-refractivity contribution >= 4 is 44.7 Å². The molecule has 0 atom stereocenters. The molecule has 0 saturated carbocycles. The van der Waals surface area contributed by atoms with Gasteiger partial charge in [-0.3, -0.25) is 4.79 Å². The van der Waals surface area contributed by atoms with E-state index in [1.807, 2.05) is 4.90 Å². The van der Waals surface area contributed by atoms with Crippen LogP contribution in [0.15, 0.2) is 76.0 Å². The second-order valence-electron chi connectivity index (χ2n) is 8.11. The van der Waals surface area contributed by atoms with E-state index in [9.17, 15) is 13.2 Å². The molecule has 5 rings (SSSR count). The molecule has 1 amide bonds. The first-order valence-electron chi connectivity index (χ1n) is 11.0. The highest BCUT2D eigenvalue weighted by atomic mass is 35.5. The molecule has 0 radical (unpaired) electrons. The largest absolute Gasteiger partial charge is 0.454 e. The number of carbonyl (C=O) groups excluding carboxylic acids is 1. The molecule has 0 spiro atoms. The maximum absolute atomic E-state index is 13.1. The maximum Gasteiger partial charge on any atom is 0.286 e. The maximum atomic E-state index is 13.1. The third-order valence-electron chi connectivity index (χ3n) is 5.80. The lowest BCUT2D eigenvalue weighted by Gasteiger charge is -2.29. The first-order chi connectivity index (χ1) is 16.4. The molecule has 1 saturated heterocycles. The topological polar surface area (TPSA) is 88.1 Å². The van der Waals surface area contributed by atoms with E-state index >= 15 is 0 Å². The van der Waals surface area contributed by atoms with Crippen LogP contribution in [0.5, 0.6) is 11.5 Å². The number of anilines is 2. The van der Waals surface area contributed by atoms with Gasteiger partial charge in [-0.1, -0.05) is 42.3 Å². The molecule has 2 aliphatic heterocycles. The lowest BCUT2D eigenvalue weighted by Crippen LogP contribution is -2.35. The molecule has 9 heteroatoms. The standard InChI is InChI=1S/C25H22ClN3O4S/c26-18-8-3-5-10-21(18)33-22-11-6-4-9-19(22)27-25(30)17-13-14-20-23(16-17)34(31,32)28-24-12-2-1-7-15-29(20)24/h3-6,8-11,13-14,16H,1-2,7,12,15H2,(H,27,30). The van der Waals surface area contributed by atoms with Crippen molar-refractivity contribution in [3.05, 3.63) is 77.3 Å². The number of nitrogens with zero attached hydrogens (tertiary/aromatic N) is 2. The molecule has 3 aromatic carbocycles. The molecule has 2 heterocycles. The fourth-order valence-corrected chi connectivity index (χ4v) is 5.58. The van der Waals surface area contributed by atoms with E-state index in [0.29, 0.717) is 46.7 Å². The molecule has 34 heavy (non-hydrogen) atoms. The quantitative estimate of drug-likeness (QED) is 0.489. The molecule has 2 aliphatic rings. The Morgan fingerprint density at radius 1 is 0.971 bits per heavy atom. The Balaban J connectivity index is 1.43. The Morgan fingerprint density at radius 2 is 1.74 bits per heavy atom. The molecule has 3 aromatic rings. The highest BCUT2D eigenvalue weighted by molar-refractivity contribution is 7.90. The zero-order valence-corrected chi connectivity index (χ0v) is 19.8. The Labute approximate surface area is 203 Å². The number of carbonyl (C=O) groups is 1. The Kier molecular flexibility index (Phi) is 6.02. The number of hydrogen-bond acceptors (Lipinski definition) is 5. The number of amidine groups is 1. The highest BCUT2D eigenvalue weighted by Crippen LogP contribution is 2.36. The van der Waals surface area contributed by atoms with Gasteiger partial charge in [0, 0.05) is 18.5 Å². The molecule has 0 aliphatic carbocycles. The van der Waals surface area contributed by atoms with Crippen LogP contribution in [0.1, 0.15) is 36.0 Å². The van der Waals surface area contributed by atoms with Crippen LogP contribution in [0.25, 0.3) is 0 Å². The van der Waals surface area contributed by atoms with Gasteiger partial charge >= 0.3 is 0 Å². The number of halogens is 1. The van der Waals surface area contributed by atoms with Gasteiger partial charge in [0.1, 0.15) is 16.5 Å². The van der Waals surface area contributed by atoms with Crippen molar-refractivity contribution < 1.29 is 17.9 Å². The molecule has 1 fully saturated rings. The summed E-state index contributed by atoms with van der Waals surface area (Å²) in [6, 6.07) is 18.7. The van der Waals surface area contributed by atoms with Gasteiger partial charge in [0.25, 0.3) is 15.9 Å². The number of fused-ring (bicyclic) bond motifs is 3.